The van der Waals surface area contributed by atoms with E-state index < -0.39 is 0 Å². The summed E-state index contributed by atoms with van der Waals surface area (Å²) in [6, 6.07) is 11.5. The van der Waals surface area contributed by atoms with Crippen molar-refractivity contribution in [3.05, 3.63) is 58.6 Å². The molecule has 0 radical (unpaired) electrons. The van der Waals surface area contributed by atoms with Gasteiger partial charge in [-0.05, 0) is 30.2 Å². The molecule has 0 bridgehead atoms. The molecular formula is C19H19N3O2. The third-order valence-corrected chi connectivity index (χ3v) is 4.30. The Hall–Kier alpha value is -2.84. The minimum atomic E-state index is -0.113. The Morgan fingerprint density at radius 3 is 2.67 bits per heavy atom. The molecule has 0 spiro atoms. The van der Waals surface area contributed by atoms with Crippen molar-refractivity contribution in [2.45, 2.75) is 19.4 Å². The molecule has 122 valence electrons. The molecule has 2 aromatic heterocycles. The summed E-state index contributed by atoms with van der Waals surface area (Å²) < 4.78 is 7.44. The van der Waals surface area contributed by atoms with Crippen molar-refractivity contribution in [1.29, 1.82) is 5.26 Å². The molecule has 3 aromatic rings. The van der Waals surface area contributed by atoms with E-state index in [1.54, 1.807) is 25.4 Å². The number of pyridine rings is 1. The van der Waals surface area contributed by atoms with Crippen LogP contribution in [-0.4, -0.2) is 23.3 Å². The topological polar surface area (TPSA) is 70.8 Å². The molecule has 1 atom stereocenters. The van der Waals surface area contributed by atoms with E-state index in [0.29, 0.717) is 17.6 Å². The van der Waals surface area contributed by atoms with Gasteiger partial charge in [-0.2, -0.15) is 5.26 Å². The van der Waals surface area contributed by atoms with Crippen molar-refractivity contribution < 1.29 is 4.74 Å². The van der Waals surface area contributed by atoms with Crippen LogP contribution in [0.4, 0.5) is 0 Å². The number of H-pyrrole nitrogens is 1. The number of ether oxygens (including phenoxy) is 1. The van der Waals surface area contributed by atoms with Gasteiger partial charge in [-0.25, -0.2) is 0 Å². The van der Waals surface area contributed by atoms with E-state index >= 15 is 0 Å². The predicted octanol–water partition coefficient (Wildman–Crippen LogP) is 3.47. The Labute approximate surface area is 140 Å². The van der Waals surface area contributed by atoms with Crippen LogP contribution in [0.15, 0.2) is 47.5 Å². The van der Waals surface area contributed by atoms with Crippen LogP contribution in [0.1, 0.15) is 24.9 Å². The molecule has 0 aliphatic carbocycles. The van der Waals surface area contributed by atoms with E-state index in [9.17, 15) is 4.79 Å². The van der Waals surface area contributed by atoms with Gasteiger partial charge in [0, 0.05) is 25.1 Å². The van der Waals surface area contributed by atoms with Gasteiger partial charge in [-0.15, -0.1) is 0 Å². The van der Waals surface area contributed by atoms with Gasteiger partial charge < -0.3 is 14.3 Å². The zero-order valence-electron chi connectivity index (χ0n) is 13.7. The minimum Gasteiger partial charge on any atom is -0.383 e. The summed E-state index contributed by atoms with van der Waals surface area (Å²) in [5.74, 6) is 0. The maximum Gasteiger partial charge on any atom is 0.258 e. The SMILES string of the molecule is CCC(COC)n1cc(-c2ccc(C#N)cc2)c2c(=O)[nH]ccc21. The second-order valence-corrected chi connectivity index (χ2v) is 5.72. The average Bonchev–Trinajstić information content (AvgIpc) is 3.00. The van der Waals surface area contributed by atoms with Crippen LogP contribution in [0.25, 0.3) is 22.0 Å². The van der Waals surface area contributed by atoms with Crippen molar-refractivity contribution in [2.24, 2.45) is 0 Å². The first-order valence-corrected chi connectivity index (χ1v) is 7.91. The monoisotopic (exact) mass is 321 g/mol. The number of benzene rings is 1. The van der Waals surface area contributed by atoms with Crippen molar-refractivity contribution in [3.63, 3.8) is 0 Å². The lowest BCUT2D eigenvalue weighted by Crippen LogP contribution is -2.13. The van der Waals surface area contributed by atoms with Gasteiger partial charge in [0.15, 0.2) is 0 Å². The third-order valence-electron chi connectivity index (χ3n) is 4.30. The molecular weight excluding hydrogens is 302 g/mol. The Morgan fingerprint density at radius 1 is 1.29 bits per heavy atom. The van der Waals surface area contributed by atoms with E-state index in [0.717, 1.165) is 23.1 Å². The molecule has 5 heteroatoms. The summed E-state index contributed by atoms with van der Waals surface area (Å²) in [7, 11) is 1.68. The predicted molar refractivity (Wildman–Crippen MR) is 93.9 cm³/mol. The fraction of sp³-hybridized carbons (Fsp3) is 0.263. The van der Waals surface area contributed by atoms with Gasteiger partial charge >= 0.3 is 0 Å². The molecule has 0 fully saturated rings. The standard InChI is InChI=1S/C19H19N3O2/c1-3-15(12-24-2)22-11-16(14-6-4-13(10-20)5-7-14)18-17(22)8-9-21-19(18)23/h4-9,11,15H,3,12H2,1-2H3,(H,21,23). The number of fused-ring (bicyclic) bond motifs is 1. The second kappa shape index (κ2) is 6.73. The highest BCUT2D eigenvalue weighted by Gasteiger charge is 2.18. The number of aromatic nitrogens is 2. The summed E-state index contributed by atoms with van der Waals surface area (Å²) in [4.78, 5) is 15.2. The number of aromatic amines is 1. The number of rotatable bonds is 5. The highest BCUT2D eigenvalue weighted by molar-refractivity contribution is 5.95. The van der Waals surface area contributed by atoms with E-state index in [2.05, 4.69) is 22.5 Å². The lowest BCUT2D eigenvalue weighted by Gasteiger charge is -2.17. The molecule has 1 unspecified atom stereocenters. The highest BCUT2D eigenvalue weighted by Crippen LogP contribution is 2.31. The fourth-order valence-electron chi connectivity index (χ4n) is 3.05. The second-order valence-electron chi connectivity index (χ2n) is 5.72. The normalized spacial score (nSPS) is 12.2. The smallest absolute Gasteiger partial charge is 0.258 e. The van der Waals surface area contributed by atoms with Crippen LogP contribution < -0.4 is 5.56 Å². The van der Waals surface area contributed by atoms with Gasteiger partial charge in [0.2, 0.25) is 0 Å². The number of nitriles is 1. The molecule has 24 heavy (non-hydrogen) atoms. The van der Waals surface area contributed by atoms with E-state index in [1.165, 1.54) is 0 Å². The minimum absolute atomic E-state index is 0.113. The summed E-state index contributed by atoms with van der Waals surface area (Å²) in [5.41, 5.74) is 3.16. The zero-order valence-corrected chi connectivity index (χ0v) is 13.7. The van der Waals surface area contributed by atoms with Crippen molar-refractivity contribution >= 4 is 10.9 Å². The lowest BCUT2D eigenvalue weighted by atomic mass is 10.0. The van der Waals surface area contributed by atoms with E-state index in [-0.39, 0.29) is 11.6 Å². The average molecular weight is 321 g/mol. The van der Waals surface area contributed by atoms with E-state index in [4.69, 9.17) is 10.00 Å². The first kappa shape index (κ1) is 16.0. The maximum absolute atomic E-state index is 12.4. The Kier molecular flexibility index (Phi) is 4.50. The van der Waals surface area contributed by atoms with Crippen LogP contribution >= 0.6 is 0 Å². The molecule has 0 saturated heterocycles. The summed E-state index contributed by atoms with van der Waals surface area (Å²) >= 11 is 0. The Morgan fingerprint density at radius 2 is 2.04 bits per heavy atom. The number of nitrogens with one attached hydrogen (secondary N) is 1. The molecule has 3 rings (SSSR count). The molecule has 0 aliphatic rings. The van der Waals surface area contributed by atoms with Gasteiger partial charge in [0.25, 0.3) is 5.56 Å². The van der Waals surface area contributed by atoms with Crippen LogP contribution in [0, 0.1) is 11.3 Å². The van der Waals surface area contributed by atoms with Crippen LogP contribution in [-0.2, 0) is 4.74 Å². The summed E-state index contributed by atoms with van der Waals surface area (Å²) in [5, 5.41) is 9.62. The molecule has 0 saturated carbocycles. The lowest BCUT2D eigenvalue weighted by molar-refractivity contribution is 0.155. The van der Waals surface area contributed by atoms with Crippen molar-refractivity contribution in [3.8, 4) is 17.2 Å². The van der Waals surface area contributed by atoms with Gasteiger partial charge in [0.05, 0.1) is 35.2 Å². The van der Waals surface area contributed by atoms with Crippen LogP contribution in [0.5, 0.6) is 0 Å². The summed E-state index contributed by atoms with van der Waals surface area (Å²) in [6.07, 6.45) is 4.58. The Bertz CT molecular complexity index is 945. The first-order valence-electron chi connectivity index (χ1n) is 7.91. The Balaban J connectivity index is 2.24. The quantitative estimate of drug-likeness (QED) is 0.782. The zero-order chi connectivity index (χ0) is 17.1. The fourth-order valence-corrected chi connectivity index (χ4v) is 3.05. The maximum atomic E-state index is 12.4. The van der Waals surface area contributed by atoms with Crippen molar-refractivity contribution in [1.82, 2.24) is 9.55 Å². The number of hydrogen-bond donors (Lipinski definition) is 1. The highest BCUT2D eigenvalue weighted by atomic mass is 16.5. The van der Waals surface area contributed by atoms with Crippen LogP contribution in [0.3, 0.4) is 0 Å². The molecule has 2 heterocycles. The summed E-state index contributed by atoms with van der Waals surface area (Å²) in [6.45, 7) is 2.68. The molecule has 1 aromatic carbocycles. The van der Waals surface area contributed by atoms with E-state index in [1.807, 2.05) is 24.4 Å². The third kappa shape index (κ3) is 2.72. The number of hydrogen-bond acceptors (Lipinski definition) is 3. The van der Waals surface area contributed by atoms with Crippen LogP contribution in [0.2, 0.25) is 0 Å². The number of nitrogens with zero attached hydrogens (tertiary/aromatic N) is 2. The largest absolute Gasteiger partial charge is 0.383 e. The van der Waals surface area contributed by atoms with Gasteiger partial charge in [-0.3, -0.25) is 4.79 Å². The number of methoxy groups -OCH3 is 1. The molecule has 0 aliphatic heterocycles. The molecule has 1 N–H and O–H groups in total. The molecule has 0 amide bonds. The molecule has 5 nitrogen and oxygen atoms in total. The van der Waals surface area contributed by atoms with Gasteiger partial charge in [-0.1, -0.05) is 19.1 Å². The van der Waals surface area contributed by atoms with Crippen molar-refractivity contribution in [2.75, 3.05) is 13.7 Å². The first-order chi connectivity index (χ1) is 11.7. The van der Waals surface area contributed by atoms with Gasteiger partial charge in [0.1, 0.15) is 0 Å².